The van der Waals surface area contributed by atoms with E-state index in [-0.39, 0.29) is 17.3 Å². The largest absolute Gasteiger partial charge is 0.494 e. The van der Waals surface area contributed by atoms with Crippen molar-refractivity contribution >= 4 is 34.8 Å². The Morgan fingerprint density at radius 2 is 1.79 bits per heavy atom. The first-order valence-corrected chi connectivity index (χ1v) is 9.52. The van der Waals surface area contributed by atoms with E-state index in [9.17, 15) is 14.0 Å². The third-order valence-electron chi connectivity index (χ3n) is 3.73. The number of hydrazine groups is 1. The molecule has 0 atom stereocenters. The van der Waals surface area contributed by atoms with Crippen molar-refractivity contribution in [3.63, 3.8) is 0 Å². The Bertz CT molecular complexity index is 846. The molecule has 7 nitrogen and oxygen atoms in total. The van der Waals surface area contributed by atoms with Gasteiger partial charge in [0.25, 0.3) is 11.8 Å². The zero-order valence-electron chi connectivity index (χ0n) is 16.0. The van der Waals surface area contributed by atoms with Gasteiger partial charge >= 0.3 is 0 Å². The number of thiocarbonyl (C=S) groups is 1. The first-order chi connectivity index (χ1) is 14.0. The molecule has 0 spiro atoms. The van der Waals surface area contributed by atoms with Gasteiger partial charge < -0.3 is 15.4 Å². The third kappa shape index (κ3) is 7.74. The molecule has 2 rings (SSSR count). The minimum atomic E-state index is -0.518. The quantitative estimate of drug-likeness (QED) is 0.299. The number of carbonyl (C=O) groups is 2. The molecule has 2 amide bonds. The molecule has 9 heteroatoms. The summed E-state index contributed by atoms with van der Waals surface area (Å²) in [5.41, 5.74) is 5.34. The number of carbonyl (C=O) groups excluding carboxylic acids is 2. The molecular weight excluding hydrogens is 395 g/mol. The van der Waals surface area contributed by atoms with Crippen molar-refractivity contribution in [3.05, 3.63) is 59.9 Å². The smallest absolute Gasteiger partial charge is 0.257 e. The van der Waals surface area contributed by atoms with Gasteiger partial charge in [0.15, 0.2) is 5.11 Å². The summed E-state index contributed by atoms with van der Waals surface area (Å²) >= 11 is 4.97. The van der Waals surface area contributed by atoms with Gasteiger partial charge in [-0.25, -0.2) is 4.39 Å². The molecule has 29 heavy (non-hydrogen) atoms. The zero-order valence-corrected chi connectivity index (χ0v) is 16.8. The predicted octanol–water partition coefficient (Wildman–Crippen LogP) is 2.75. The van der Waals surface area contributed by atoms with E-state index in [0.29, 0.717) is 17.9 Å². The maximum absolute atomic E-state index is 13.5. The van der Waals surface area contributed by atoms with Crippen LogP contribution in [-0.2, 0) is 4.79 Å². The SMILES string of the molecule is CCCCOc1ccc(C(=O)NCC(=O)NNC(=S)Nc2ccccc2F)cc1. The van der Waals surface area contributed by atoms with Crippen LogP contribution in [0.25, 0.3) is 0 Å². The van der Waals surface area contributed by atoms with Gasteiger partial charge in [-0.3, -0.25) is 20.4 Å². The monoisotopic (exact) mass is 418 g/mol. The highest BCUT2D eigenvalue weighted by Gasteiger charge is 2.09. The van der Waals surface area contributed by atoms with Crippen LogP contribution in [0.15, 0.2) is 48.5 Å². The molecule has 2 aromatic rings. The lowest BCUT2D eigenvalue weighted by molar-refractivity contribution is -0.120. The molecule has 0 aliphatic rings. The van der Waals surface area contributed by atoms with Crippen molar-refractivity contribution in [2.45, 2.75) is 19.8 Å². The van der Waals surface area contributed by atoms with Crippen LogP contribution < -0.4 is 26.2 Å². The molecule has 0 fully saturated rings. The second kappa shape index (κ2) is 11.6. The Morgan fingerprint density at radius 1 is 1.07 bits per heavy atom. The Balaban J connectivity index is 1.70. The molecule has 154 valence electrons. The number of nitrogens with one attached hydrogen (secondary N) is 4. The zero-order chi connectivity index (χ0) is 21.1. The second-order valence-electron chi connectivity index (χ2n) is 6.02. The number of unbranched alkanes of at least 4 members (excludes halogenated alkanes) is 1. The van der Waals surface area contributed by atoms with E-state index in [0.717, 1.165) is 12.8 Å². The lowest BCUT2D eigenvalue weighted by atomic mass is 10.2. The second-order valence-corrected chi connectivity index (χ2v) is 6.42. The first kappa shape index (κ1) is 22.1. The van der Waals surface area contributed by atoms with Crippen molar-refractivity contribution in [2.24, 2.45) is 0 Å². The summed E-state index contributed by atoms with van der Waals surface area (Å²) in [6.45, 7) is 2.45. The maximum Gasteiger partial charge on any atom is 0.257 e. The number of para-hydroxylation sites is 1. The summed E-state index contributed by atoms with van der Waals surface area (Å²) in [5.74, 6) is -0.701. The topological polar surface area (TPSA) is 91.5 Å². The van der Waals surface area contributed by atoms with E-state index >= 15 is 0 Å². The van der Waals surface area contributed by atoms with Crippen LogP contribution in [0.4, 0.5) is 10.1 Å². The molecule has 0 saturated heterocycles. The molecule has 2 aromatic carbocycles. The molecule has 0 radical (unpaired) electrons. The van der Waals surface area contributed by atoms with Crippen LogP contribution in [0.1, 0.15) is 30.1 Å². The lowest BCUT2D eigenvalue weighted by Crippen LogP contribution is -2.47. The highest BCUT2D eigenvalue weighted by molar-refractivity contribution is 7.80. The molecule has 0 aliphatic carbocycles. The van der Waals surface area contributed by atoms with Gasteiger partial charge in [0, 0.05) is 5.56 Å². The number of halogens is 1. The average Bonchev–Trinajstić information content (AvgIpc) is 2.73. The van der Waals surface area contributed by atoms with Gasteiger partial charge in [-0.15, -0.1) is 0 Å². The molecule has 0 bridgehead atoms. The first-order valence-electron chi connectivity index (χ1n) is 9.11. The van der Waals surface area contributed by atoms with Crippen molar-refractivity contribution in [1.82, 2.24) is 16.2 Å². The molecular formula is C20H23FN4O3S. The highest BCUT2D eigenvalue weighted by Crippen LogP contribution is 2.13. The number of hydrogen-bond acceptors (Lipinski definition) is 4. The van der Waals surface area contributed by atoms with Crippen LogP contribution in [0.2, 0.25) is 0 Å². The summed E-state index contributed by atoms with van der Waals surface area (Å²) in [4.78, 5) is 23.9. The van der Waals surface area contributed by atoms with Crippen molar-refractivity contribution in [3.8, 4) is 5.75 Å². The molecule has 0 saturated carbocycles. The molecule has 0 heterocycles. The van der Waals surface area contributed by atoms with Crippen molar-refractivity contribution in [2.75, 3.05) is 18.5 Å². The fourth-order valence-electron chi connectivity index (χ4n) is 2.19. The highest BCUT2D eigenvalue weighted by atomic mass is 32.1. The van der Waals surface area contributed by atoms with Gasteiger partial charge in [-0.2, -0.15) is 0 Å². The van der Waals surface area contributed by atoms with E-state index in [4.69, 9.17) is 17.0 Å². The lowest BCUT2D eigenvalue weighted by Gasteiger charge is -2.12. The fourth-order valence-corrected chi connectivity index (χ4v) is 2.35. The summed E-state index contributed by atoms with van der Waals surface area (Å²) in [5, 5.41) is 5.12. The van der Waals surface area contributed by atoms with E-state index in [1.54, 1.807) is 36.4 Å². The normalized spacial score (nSPS) is 10.0. The minimum absolute atomic E-state index is 0.00781. The molecule has 0 unspecified atom stereocenters. The Hall–Kier alpha value is -3.20. The maximum atomic E-state index is 13.5. The van der Waals surface area contributed by atoms with Gasteiger partial charge in [0.2, 0.25) is 0 Å². The minimum Gasteiger partial charge on any atom is -0.494 e. The number of amides is 2. The van der Waals surface area contributed by atoms with E-state index < -0.39 is 17.6 Å². The molecule has 4 N–H and O–H groups in total. The number of hydrogen-bond donors (Lipinski definition) is 4. The van der Waals surface area contributed by atoms with E-state index in [1.807, 2.05) is 0 Å². The summed E-state index contributed by atoms with van der Waals surface area (Å²) < 4.78 is 19.1. The standard InChI is InChI=1S/C20H23FN4O3S/c1-2-3-12-28-15-10-8-14(9-11-15)19(27)22-13-18(26)24-25-20(29)23-17-7-5-4-6-16(17)21/h4-11H,2-3,12-13H2,1H3,(H,22,27)(H,24,26)(H2,23,25,29). The van der Waals surface area contributed by atoms with Gasteiger partial charge in [0.1, 0.15) is 11.6 Å². The van der Waals surface area contributed by atoms with Crippen LogP contribution in [0.3, 0.4) is 0 Å². The van der Waals surface area contributed by atoms with Crippen LogP contribution in [0.5, 0.6) is 5.75 Å². The van der Waals surface area contributed by atoms with Gasteiger partial charge in [-0.05, 0) is 55.0 Å². The number of ether oxygens (including phenoxy) is 1. The Kier molecular flexibility index (Phi) is 8.84. The summed E-state index contributed by atoms with van der Waals surface area (Å²) in [7, 11) is 0. The van der Waals surface area contributed by atoms with Gasteiger partial charge in [0.05, 0.1) is 18.8 Å². The van der Waals surface area contributed by atoms with Crippen LogP contribution >= 0.6 is 12.2 Å². The fraction of sp³-hybridized carbons (Fsp3) is 0.250. The van der Waals surface area contributed by atoms with E-state index in [1.165, 1.54) is 12.1 Å². The molecule has 0 aromatic heterocycles. The van der Waals surface area contributed by atoms with Gasteiger partial charge in [-0.1, -0.05) is 25.5 Å². The average molecular weight is 418 g/mol. The summed E-state index contributed by atoms with van der Waals surface area (Å²) in [6, 6.07) is 12.6. The number of rotatable bonds is 8. The molecule has 0 aliphatic heterocycles. The van der Waals surface area contributed by atoms with Crippen LogP contribution in [0, 0.1) is 5.82 Å². The number of anilines is 1. The van der Waals surface area contributed by atoms with Crippen LogP contribution in [-0.4, -0.2) is 30.1 Å². The third-order valence-corrected chi connectivity index (χ3v) is 3.93. The Labute approximate surface area is 174 Å². The van der Waals surface area contributed by atoms with E-state index in [2.05, 4.69) is 28.4 Å². The number of benzene rings is 2. The van der Waals surface area contributed by atoms with Crippen molar-refractivity contribution < 1.29 is 18.7 Å². The van der Waals surface area contributed by atoms with Crippen molar-refractivity contribution in [1.29, 1.82) is 0 Å². The summed E-state index contributed by atoms with van der Waals surface area (Å²) in [6.07, 6.45) is 2.01. The predicted molar refractivity (Wildman–Crippen MR) is 113 cm³/mol. The Morgan fingerprint density at radius 3 is 2.48 bits per heavy atom.